The molecule has 4 aromatic rings. The minimum Gasteiger partial charge on any atom is -0.258 e. The number of hydrogen-bond donors (Lipinski definition) is 1. The summed E-state index contributed by atoms with van der Waals surface area (Å²) in [5.41, 5.74) is 4.70. The zero-order valence-corrected chi connectivity index (χ0v) is 19.8. The fraction of sp³-hybridized carbons (Fsp3) is 0.222. The van der Waals surface area contributed by atoms with Gasteiger partial charge in [0.15, 0.2) is 11.2 Å². The van der Waals surface area contributed by atoms with Gasteiger partial charge in [0.05, 0.1) is 0 Å². The lowest BCUT2D eigenvalue weighted by atomic mass is 10.1. The number of anilines is 1. The van der Waals surface area contributed by atoms with E-state index >= 15 is 0 Å². The Labute approximate surface area is 203 Å². The Hall–Kier alpha value is -3.58. The van der Waals surface area contributed by atoms with Crippen molar-refractivity contribution in [2.45, 2.75) is 37.4 Å². The summed E-state index contributed by atoms with van der Waals surface area (Å²) in [6.45, 7) is 2.14. The molecule has 1 unspecified atom stereocenters. The quantitative estimate of drug-likeness (QED) is 0.232. The molecule has 0 amide bonds. The van der Waals surface area contributed by atoms with Crippen LogP contribution in [0.5, 0.6) is 0 Å². The zero-order chi connectivity index (χ0) is 23.3. The van der Waals surface area contributed by atoms with Crippen LogP contribution in [0.2, 0.25) is 0 Å². The maximum Gasteiger partial charge on any atom is 0.359 e. The van der Waals surface area contributed by atoms with Crippen LogP contribution in [0.3, 0.4) is 0 Å². The van der Waals surface area contributed by atoms with Crippen molar-refractivity contribution < 1.29 is 9.36 Å². The molecule has 6 nitrogen and oxygen atoms in total. The summed E-state index contributed by atoms with van der Waals surface area (Å²) in [5.74, 6) is 1.76. The van der Waals surface area contributed by atoms with Crippen LogP contribution in [0.15, 0.2) is 84.4 Å². The van der Waals surface area contributed by atoms with Crippen molar-refractivity contribution >= 4 is 23.5 Å². The molecule has 1 aliphatic rings. The number of carbonyl (C=O) groups is 1. The molecule has 5 rings (SSSR count). The lowest BCUT2D eigenvalue weighted by Crippen LogP contribution is -2.44. The zero-order valence-electron chi connectivity index (χ0n) is 19.0. The van der Waals surface area contributed by atoms with E-state index in [1.54, 1.807) is 16.3 Å². The first-order valence-electron chi connectivity index (χ1n) is 11.5. The highest BCUT2D eigenvalue weighted by Gasteiger charge is 2.41. The first kappa shape index (κ1) is 22.2. The molecule has 0 saturated heterocycles. The van der Waals surface area contributed by atoms with Crippen molar-refractivity contribution in [2.24, 2.45) is 0 Å². The number of aromatic nitrogens is 4. The highest BCUT2D eigenvalue weighted by Crippen LogP contribution is 2.25. The predicted molar refractivity (Wildman–Crippen MR) is 134 cm³/mol. The van der Waals surface area contributed by atoms with Gasteiger partial charge in [-0.25, -0.2) is 19.7 Å². The summed E-state index contributed by atoms with van der Waals surface area (Å²) in [6.07, 6.45) is 7.73. The van der Waals surface area contributed by atoms with Gasteiger partial charge in [-0.05, 0) is 17.5 Å². The SMILES string of the molecule is CCCSc1ncc(CC2Nc3c(Cc4ccccc4)nc(-c4ccccc4)c[n+]3C2=O)cn1. The molecular weight excluding hydrogens is 442 g/mol. The number of hydrogen-bond acceptors (Lipinski definition) is 6. The number of thioether (sulfide) groups is 1. The summed E-state index contributed by atoms with van der Waals surface area (Å²) in [7, 11) is 0. The summed E-state index contributed by atoms with van der Waals surface area (Å²) >= 11 is 1.65. The number of rotatable bonds is 8. The number of nitrogens with zero attached hydrogens (tertiary/aromatic N) is 4. The van der Waals surface area contributed by atoms with Gasteiger partial charge in [0.1, 0.15) is 17.6 Å². The number of nitrogens with one attached hydrogen (secondary N) is 1. The van der Waals surface area contributed by atoms with E-state index in [2.05, 4.69) is 34.3 Å². The van der Waals surface area contributed by atoms with Crippen LogP contribution in [0.25, 0.3) is 11.3 Å². The van der Waals surface area contributed by atoms with Gasteiger partial charge in [0, 0.05) is 36.6 Å². The second-order valence-electron chi connectivity index (χ2n) is 8.28. The second kappa shape index (κ2) is 10.1. The molecule has 34 heavy (non-hydrogen) atoms. The predicted octanol–water partition coefficient (Wildman–Crippen LogP) is 4.60. The molecule has 0 fully saturated rings. The molecule has 1 aliphatic heterocycles. The fourth-order valence-corrected chi connectivity index (χ4v) is 4.67. The molecule has 2 aromatic heterocycles. The normalized spacial score (nSPS) is 14.6. The van der Waals surface area contributed by atoms with Gasteiger partial charge in [-0.2, -0.15) is 4.57 Å². The third-order valence-corrected chi connectivity index (χ3v) is 6.79. The van der Waals surface area contributed by atoms with Crippen molar-refractivity contribution in [3.8, 4) is 11.3 Å². The minimum absolute atomic E-state index is 0.00771. The second-order valence-corrected chi connectivity index (χ2v) is 9.34. The molecule has 2 aromatic carbocycles. The Morgan fingerprint density at radius 2 is 1.68 bits per heavy atom. The van der Waals surface area contributed by atoms with Crippen LogP contribution in [-0.4, -0.2) is 32.7 Å². The Bertz CT molecular complexity index is 1280. The average molecular weight is 469 g/mol. The number of carbonyl (C=O) groups excluding carboxylic acids is 1. The summed E-state index contributed by atoms with van der Waals surface area (Å²) in [6, 6.07) is 19.8. The van der Waals surface area contributed by atoms with Crippen molar-refractivity contribution in [3.05, 3.63) is 96.1 Å². The van der Waals surface area contributed by atoms with Gasteiger partial charge >= 0.3 is 11.7 Å². The summed E-state index contributed by atoms with van der Waals surface area (Å²) in [4.78, 5) is 27.3. The van der Waals surface area contributed by atoms with E-state index in [9.17, 15) is 4.79 Å². The first-order chi connectivity index (χ1) is 16.7. The van der Waals surface area contributed by atoms with Gasteiger partial charge in [-0.15, -0.1) is 0 Å². The summed E-state index contributed by atoms with van der Waals surface area (Å²) < 4.78 is 1.73. The Balaban J connectivity index is 1.44. The lowest BCUT2D eigenvalue weighted by molar-refractivity contribution is -0.552. The Morgan fingerprint density at radius 3 is 2.38 bits per heavy atom. The highest BCUT2D eigenvalue weighted by atomic mass is 32.2. The van der Waals surface area contributed by atoms with E-state index in [1.165, 1.54) is 0 Å². The van der Waals surface area contributed by atoms with E-state index in [-0.39, 0.29) is 11.9 Å². The Morgan fingerprint density at radius 1 is 0.971 bits per heavy atom. The molecule has 0 bridgehead atoms. The van der Waals surface area contributed by atoms with E-state index in [4.69, 9.17) is 4.98 Å². The van der Waals surface area contributed by atoms with Crippen molar-refractivity contribution in [1.29, 1.82) is 0 Å². The van der Waals surface area contributed by atoms with Crippen LogP contribution in [0.4, 0.5) is 5.82 Å². The van der Waals surface area contributed by atoms with Crippen LogP contribution in [0, 0.1) is 0 Å². The monoisotopic (exact) mass is 468 g/mol. The fourth-order valence-electron chi connectivity index (χ4n) is 4.03. The molecule has 0 radical (unpaired) electrons. The van der Waals surface area contributed by atoms with Gasteiger partial charge in [-0.1, -0.05) is 79.3 Å². The lowest BCUT2D eigenvalue weighted by Gasteiger charge is -2.07. The van der Waals surface area contributed by atoms with E-state index in [0.717, 1.165) is 51.2 Å². The Kier molecular flexibility index (Phi) is 6.62. The van der Waals surface area contributed by atoms with Crippen molar-refractivity contribution in [1.82, 2.24) is 15.0 Å². The topological polar surface area (TPSA) is 71.7 Å². The molecule has 0 spiro atoms. The van der Waals surface area contributed by atoms with Gasteiger partial charge in [0.25, 0.3) is 0 Å². The average Bonchev–Trinajstić information content (AvgIpc) is 3.20. The third kappa shape index (κ3) is 4.84. The molecule has 0 saturated carbocycles. The molecule has 0 aliphatic carbocycles. The van der Waals surface area contributed by atoms with E-state index in [0.29, 0.717) is 12.8 Å². The van der Waals surface area contributed by atoms with Gasteiger partial charge in [-0.3, -0.25) is 5.32 Å². The van der Waals surface area contributed by atoms with Crippen LogP contribution in [0.1, 0.15) is 35.0 Å². The molecule has 7 heteroatoms. The van der Waals surface area contributed by atoms with E-state index in [1.807, 2.05) is 67.1 Å². The van der Waals surface area contributed by atoms with Crippen molar-refractivity contribution in [3.63, 3.8) is 0 Å². The number of fused-ring (bicyclic) bond motifs is 1. The largest absolute Gasteiger partial charge is 0.359 e. The maximum absolute atomic E-state index is 13.4. The van der Waals surface area contributed by atoms with Crippen molar-refractivity contribution in [2.75, 3.05) is 11.1 Å². The van der Waals surface area contributed by atoms with Crippen LogP contribution in [-0.2, 0) is 12.8 Å². The molecule has 3 heterocycles. The minimum atomic E-state index is -0.389. The summed E-state index contributed by atoms with van der Waals surface area (Å²) in [5, 5.41) is 4.21. The molecular formula is C27H26N5OS+. The highest BCUT2D eigenvalue weighted by molar-refractivity contribution is 7.99. The molecule has 1 N–H and O–H groups in total. The third-order valence-electron chi connectivity index (χ3n) is 5.71. The first-order valence-corrected chi connectivity index (χ1v) is 12.5. The van der Waals surface area contributed by atoms with Crippen LogP contribution >= 0.6 is 11.8 Å². The smallest absolute Gasteiger partial charge is 0.258 e. The number of benzene rings is 2. The standard InChI is InChI=1S/C27H25N5OS/c1-2-13-34-27-28-16-20(17-29-27)15-23-26(33)32-18-24(21-11-7-4-8-12-21)30-22(25(32)31-23)14-19-9-5-3-6-10-19/h3-12,16-18,23H,2,13-15H2,1H3/p+1. The van der Waals surface area contributed by atoms with Crippen LogP contribution < -0.4 is 9.88 Å². The van der Waals surface area contributed by atoms with E-state index < -0.39 is 0 Å². The van der Waals surface area contributed by atoms with Gasteiger partial charge < -0.3 is 0 Å². The molecule has 1 atom stereocenters. The molecule has 170 valence electrons. The maximum atomic E-state index is 13.4. The van der Waals surface area contributed by atoms with Gasteiger partial charge in [0.2, 0.25) is 0 Å².